The highest BCUT2D eigenvalue weighted by Gasteiger charge is 2.07. The van der Waals surface area contributed by atoms with E-state index >= 15 is 0 Å². The molecule has 0 amide bonds. The van der Waals surface area contributed by atoms with Gasteiger partial charge in [-0.15, -0.1) is 10.2 Å². The van der Waals surface area contributed by atoms with Gasteiger partial charge in [0.05, 0.1) is 0 Å². The van der Waals surface area contributed by atoms with Gasteiger partial charge in [-0.2, -0.15) is 5.21 Å². The molecule has 0 atom stereocenters. The highest BCUT2D eigenvalue weighted by molar-refractivity contribution is 9.10. The van der Waals surface area contributed by atoms with Gasteiger partial charge in [-0.25, -0.2) is 4.39 Å². The fourth-order valence-electron chi connectivity index (χ4n) is 0.947. The van der Waals surface area contributed by atoms with Crippen LogP contribution < -0.4 is 0 Å². The van der Waals surface area contributed by atoms with Crippen LogP contribution in [0, 0.1) is 5.82 Å². The van der Waals surface area contributed by atoms with E-state index in [4.69, 9.17) is 0 Å². The molecule has 1 aromatic heterocycles. The first-order chi connectivity index (χ1) is 6.27. The number of nitrogens with zero attached hydrogens (tertiary/aromatic N) is 3. The minimum absolute atomic E-state index is 0.306. The van der Waals surface area contributed by atoms with Gasteiger partial charge in [-0.3, -0.25) is 0 Å². The highest BCUT2D eigenvalue weighted by atomic mass is 79.9. The number of tetrazole rings is 1. The van der Waals surface area contributed by atoms with Crippen molar-refractivity contribution < 1.29 is 4.39 Å². The third-order valence-corrected chi connectivity index (χ3v) is 2.17. The molecule has 0 spiro atoms. The Kier molecular flexibility index (Phi) is 2.05. The van der Waals surface area contributed by atoms with Crippen molar-refractivity contribution in [3.05, 3.63) is 28.5 Å². The predicted octanol–water partition coefficient (Wildman–Crippen LogP) is 1.77. The van der Waals surface area contributed by atoms with Crippen molar-refractivity contribution in [3.8, 4) is 11.4 Å². The van der Waals surface area contributed by atoms with Gasteiger partial charge in [0.1, 0.15) is 5.82 Å². The Bertz CT molecular complexity index is 414. The van der Waals surface area contributed by atoms with E-state index < -0.39 is 0 Å². The lowest BCUT2D eigenvalue weighted by molar-refractivity contribution is 0.627. The average Bonchev–Trinajstić information content (AvgIpc) is 2.56. The third kappa shape index (κ3) is 1.57. The fraction of sp³-hybridized carbons (Fsp3) is 0. The van der Waals surface area contributed by atoms with Crippen molar-refractivity contribution in [1.29, 1.82) is 0 Å². The molecule has 2 rings (SSSR count). The molecule has 0 saturated heterocycles. The first kappa shape index (κ1) is 8.31. The maximum atomic E-state index is 12.7. The van der Waals surface area contributed by atoms with E-state index in [-0.39, 0.29) is 5.82 Å². The van der Waals surface area contributed by atoms with E-state index in [2.05, 4.69) is 36.6 Å². The molecule has 0 fully saturated rings. The molecule has 0 aliphatic heterocycles. The Morgan fingerprint density at radius 2 is 2.23 bits per heavy atom. The van der Waals surface area contributed by atoms with E-state index in [9.17, 15) is 4.39 Å². The lowest BCUT2D eigenvalue weighted by Crippen LogP contribution is -1.84. The van der Waals surface area contributed by atoms with E-state index in [1.54, 1.807) is 6.07 Å². The Morgan fingerprint density at radius 1 is 1.38 bits per heavy atom. The number of halogens is 2. The number of rotatable bonds is 1. The molecular weight excluding hydrogens is 239 g/mol. The van der Waals surface area contributed by atoms with Crippen LogP contribution in [0.3, 0.4) is 0 Å². The molecule has 4 nitrogen and oxygen atoms in total. The number of aromatic nitrogens is 4. The van der Waals surface area contributed by atoms with Crippen LogP contribution in [-0.2, 0) is 0 Å². The summed E-state index contributed by atoms with van der Waals surface area (Å²) in [6, 6.07) is 4.28. The summed E-state index contributed by atoms with van der Waals surface area (Å²) < 4.78 is 13.3. The van der Waals surface area contributed by atoms with Crippen LogP contribution in [0.2, 0.25) is 0 Å². The zero-order valence-electron chi connectivity index (χ0n) is 6.33. The molecule has 0 unspecified atom stereocenters. The minimum Gasteiger partial charge on any atom is -0.207 e. The number of H-pyrrole nitrogens is 1. The van der Waals surface area contributed by atoms with Crippen LogP contribution in [0.4, 0.5) is 4.39 Å². The van der Waals surface area contributed by atoms with Crippen LogP contribution in [0.25, 0.3) is 11.4 Å². The number of hydrogen-bond acceptors (Lipinski definition) is 3. The smallest absolute Gasteiger partial charge is 0.205 e. The third-order valence-electron chi connectivity index (χ3n) is 1.52. The molecule has 6 heteroatoms. The number of hydrogen-bond donors (Lipinski definition) is 1. The van der Waals surface area contributed by atoms with Gasteiger partial charge in [0.2, 0.25) is 5.82 Å². The molecule has 2 aromatic rings. The molecule has 0 radical (unpaired) electrons. The molecule has 1 aromatic carbocycles. The van der Waals surface area contributed by atoms with Crippen molar-refractivity contribution in [2.24, 2.45) is 0 Å². The fourth-order valence-corrected chi connectivity index (χ4v) is 1.47. The summed E-state index contributed by atoms with van der Waals surface area (Å²) in [6.07, 6.45) is 0. The number of benzene rings is 1. The van der Waals surface area contributed by atoms with Gasteiger partial charge >= 0.3 is 0 Å². The van der Waals surface area contributed by atoms with Crippen molar-refractivity contribution >= 4 is 15.9 Å². The maximum Gasteiger partial charge on any atom is 0.205 e. The second-order valence-electron chi connectivity index (χ2n) is 2.36. The molecule has 1 heterocycles. The second-order valence-corrected chi connectivity index (χ2v) is 3.21. The van der Waals surface area contributed by atoms with Crippen LogP contribution in [-0.4, -0.2) is 20.6 Å². The first-order valence-corrected chi connectivity index (χ1v) is 4.25. The maximum absolute atomic E-state index is 12.7. The van der Waals surface area contributed by atoms with E-state index in [0.717, 1.165) is 0 Å². The van der Waals surface area contributed by atoms with E-state index in [1.807, 2.05) is 0 Å². The normalized spacial score (nSPS) is 10.3. The summed E-state index contributed by atoms with van der Waals surface area (Å²) in [5, 5.41) is 13.3. The molecule has 0 aliphatic rings. The lowest BCUT2D eigenvalue weighted by Gasteiger charge is -1.97. The van der Waals surface area contributed by atoms with Crippen molar-refractivity contribution in [3.63, 3.8) is 0 Å². The Morgan fingerprint density at radius 3 is 2.85 bits per heavy atom. The van der Waals surface area contributed by atoms with E-state index in [0.29, 0.717) is 15.9 Å². The summed E-state index contributed by atoms with van der Waals surface area (Å²) in [7, 11) is 0. The summed E-state index contributed by atoms with van der Waals surface area (Å²) in [5.41, 5.74) is 0.704. The van der Waals surface area contributed by atoms with Gasteiger partial charge in [-0.05, 0) is 39.3 Å². The van der Waals surface area contributed by atoms with Crippen LogP contribution in [0.1, 0.15) is 0 Å². The average molecular weight is 243 g/mol. The molecule has 13 heavy (non-hydrogen) atoms. The topological polar surface area (TPSA) is 54.5 Å². The van der Waals surface area contributed by atoms with Crippen molar-refractivity contribution in [1.82, 2.24) is 20.6 Å². The van der Waals surface area contributed by atoms with Crippen LogP contribution in [0.15, 0.2) is 22.7 Å². The second kappa shape index (κ2) is 3.21. The quantitative estimate of drug-likeness (QED) is 0.830. The van der Waals surface area contributed by atoms with Gasteiger partial charge in [0, 0.05) is 10.0 Å². The van der Waals surface area contributed by atoms with Gasteiger partial charge < -0.3 is 0 Å². The molecule has 0 aliphatic carbocycles. The summed E-state index contributed by atoms with van der Waals surface area (Å²) in [4.78, 5) is 0. The van der Waals surface area contributed by atoms with E-state index in [1.165, 1.54) is 12.1 Å². The number of aromatic amines is 1. The zero-order chi connectivity index (χ0) is 9.26. The van der Waals surface area contributed by atoms with Crippen LogP contribution in [0.5, 0.6) is 0 Å². The van der Waals surface area contributed by atoms with Crippen molar-refractivity contribution in [2.75, 3.05) is 0 Å². The molecule has 0 saturated carbocycles. The Balaban J connectivity index is 2.53. The van der Waals surface area contributed by atoms with Crippen LogP contribution >= 0.6 is 15.9 Å². The largest absolute Gasteiger partial charge is 0.207 e. The summed E-state index contributed by atoms with van der Waals surface area (Å²) in [6.45, 7) is 0. The SMILES string of the molecule is Fc1ccc(-c2nn[nH]n2)c(Br)c1. The van der Waals surface area contributed by atoms with Gasteiger partial charge in [0.25, 0.3) is 0 Å². The predicted molar refractivity (Wildman–Crippen MR) is 47.3 cm³/mol. The molecular formula is C7H4BrFN4. The molecule has 1 N–H and O–H groups in total. The van der Waals surface area contributed by atoms with Gasteiger partial charge in [0.15, 0.2) is 0 Å². The van der Waals surface area contributed by atoms with Crippen molar-refractivity contribution in [2.45, 2.75) is 0 Å². The standard InChI is InChI=1S/C7H4BrFN4/c8-6-3-4(9)1-2-5(6)7-10-12-13-11-7/h1-3H,(H,10,11,12,13). The minimum atomic E-state index is -0.306. The molecule has 0 bridgehead atoms. The molecule has 66 valence electrons. The Hall–Kier alpha value is -1.30. The summed E-state index contributed by atoms with van der Waals surface area (Å²) >= 11 is 3.21. The highest BCUT2D eigenvalue weighted by Crippen LogP contribution is 2.25. The summed E-state index contributed by atoms with van der Waals surface area (Å²) in [5.74, 6) is 0.131. The zero-order valence-corrected chi connectivity index (χ0v) is 7.92. The monoisotopic (exact) mass is 242 g/mol. The van der Waals surface area contributed by atoms with Gasteiger partial charge in [-0.1, -0.05) is 0 Å². The Labute approximate surface area is 81.3 Å². The first-order valence-electron chi connectivity index (χ1n) is 3.46. The lowest BCUT2D eigenvalue weighted by atomic mass is 10.2. The number of nitrogens with one attached hydrogen (secondary N) is 1.